The minimum absolute atomic E-state index is 0.0835. The molecule has 1 amide bonds. The molecule has 1 aromatic carbocycles. The zero-order valence-corrected chi connectivity index (χ0v) is 13.0. The minimum atomic E-state index is -0.0835. The molecule has 0 aromatic heterocycles. The van der Waals surface area contributed by atoms with Gasteiger partial charge in [0.2, 0.25) is 0 Å². The molecule has 0 radical (unpaired) electrons. The van der Waals surface area contributed by atoms with Crippen molar-refractivity contribution >= 4 is 23.4 Å². The van der Waals surface area contributed by atoms with E-state index in [0.29, 0.717) is 11.3 Å². The highest BCUT2D eigenvalue weighted by molar-refractivity contribution is 7.99. The Morgan fingerprint density at radius 1 is 1.47 bits per heavy atom. The highest BCUT2D eigenvalue weighted by Gasteiger charge is 2.16. The van der Waals surface area contributed by atoms with E-state index in [1.165, 1.54) is 0 Å². The number of rotatable bonds is 6. The first kappa shape index (κ1) is 15.7. The second-order valence-electron chi connectivity index (χ2n) is 4.19. The molecule has 0 unspecified atom stereocenters. The van der Waals surface area contributed by atoms with Gasteiger partial charge in [0.15, 0.2) is 0 Å². The summed E-state index contributed by atoms with van der Waals surface area (Å²) in [6, 6.07) is 3.67. The van der Waals surface area contributed by atoms with Crippen molar-refractivity contribution in [2.75, 3.05) is 25.2 Å². The minimum Gasteiger partial charge on any atom is -0.497 e. The van der Waals surface area contributed by atoms with Crippen LogP contribution in [0.3, 0.4) is 0 Å². The second kappa shape index (κ2) is 7.28. The van der Waals surface area contributed by atoms with Crippen LogP contribution in [0.5, 0.6) is 5.75 Å². The SMILES string of the molecule is CCS[C@H](C)NC(=O)c1cc(OC)cc(C)c1NC. The summed E-state index contributed by atoms with van der Waals surface area (Å²) in [4.78, 5) is 12.3. The Labute approximate surface area is 119 Å². The Morgan fingerprint density at radius 2 is 2.16 bits per heavy atom. The third-order valence-electron chi connectivity index (χ3n) is 2.79. The van der Waals surface area contributed by atoms with Crippen molar-refractivity contribution in [1.29, 1.82) is 0 Å². The van der Waals surface area contributed by atoms with Crippen LogP contribution in [0.15, 0.2) is 12.1 Å². The van der Waals surface area contributed by atoms with Crippen LogP contribution in [0.1, 0.15) is 29.8 Å². The molecule has 106 valence electrons. The Morgan fingerprint density at radius 3 is 2.68 bits per heavy atom. The molecule has 2 N–H and O–H groups in total. The second-order valence-corrected chi connectivity index (χ2v) is 5.81. The van der Waals surface area contributed by atoms with Crippen LogP contribution >= 0.6 is 11.8 Å². The number of hydrogen-bond donors (Lipinski definition) is 2. The van der Waals surface area contributed by atoms with Crippen molar-refractivity contribution < 1.29 is 9.53 Å². The summed E-state index contributed by atoms with van der Waals surface area (Å²) < 4.78 is 5.22. The number of carbonyl (C=O) groups is 1. The number of aryl methyl sites for hydroxylation is 1. The van der Waals surface area contributed by atoms with Crippen LogP contribution < -0.4 is 15.4 Å². The van der Waals surface area contributed by atoms with E-state index in [9.17, 15) is 4.79 Å². The largest absolute Gasteiger partial charge is 0.497 e. The molecule has 0 fully saturated rings. The summed E-state index contributed by atoms with van der Waals surface area (Å²) in [7, 11) is 3.42. The fraction of sp³-hybridized carbons (Fsp3) is 0.500. The van der Waals surface area contributed by atoms with E-state index in [4.69, 9.17) is 4.74 Å². The zero-order chi connectivity index (χ0) is 14.4. The molecule has 0 aliphatic carbocycles. The number of anilines is 1. The molecule has 1 rings (SSSR count). The molecule has 4 nitrogen and oxygen atoms in total. The maximum atomic E-state index is 12.3. The van der Waals surface area contributed by atoms with Crippen molar-refractivity contribution in [1.82, 2.24) is 5.32 Å². The Kier molecular flexibility index (Phi) is 6.02. The number of amides is 1. The highest BCUT2D eigenvalue weighted by atomic mass is 32.2. The van der Waals surface area contributed by atoms with E-state index in [2.05, 4.69) is 17.6 Å². The lowest BCUT2D eigenvalue weighted by Gasteiger charge is -2.17. The van der Waals surface area contributed by atoms with Crippen LogP contribution in [0, 0.1) is 6.92 Å². The Balaban J connectivity index is 3.03. The lowest BCUT2D eigenvalue weighted by Crippen LogP contribution is -2.31. The lowest BCUT2D eigenvalue weighted by molar-refractivity contribution is 0.0952. The first-order chi connectivity index (χ1) is 9.03. The van der Waals surface area contributed by atoms with Crippen molar-refractivity contribution in [3.63, 3.8) is 0 Å². The average molecular weight is 282 g/mol. The number of thioether (sulfide) groups is 1. The fourth-order valence-electron chi connectivity index (χ4n) is 1.94. The van der Waals surface area contributed by atoms with Crippen molar-refractivity contribution in [2.45, 2.75) is 26.1 Å². The van der Waals surface area contributed by atoms with Crippen LogP contribution in [0.4, 0.5) is 5.69 Å². The Bertz CT molecular complexity index is 449. The molecule has 0 saturated heterocycles. The van der Waals surface area contributed by atoms with E-state index in [-0.39, 0.29) is 11.3 Å². The topological polar surface area (TPSA) is 50.4 Å². The molecule has 0 aliphatic rings. The normalized spacial score (nSPS) is 11.8. The van der Waals surface area contributed by atoms with Gasteiger partial charge >= 0.3 is 0 Å². The van der Waals surface area contributed by atoms with Crippen molar-refractivity contribution in [3.05, 3.63) is 23.3 Å². The first-order valence-corrected chi connectivity index (χ1v) is 7.37. The summed E-state index contributed by atoms with van der Waals surface area (Å²) in [5, 5.41) is 6.15. The summed E-state index contributed by atoms with van der Waals surface area (Å²) in [5.74, 6) is 1.58. The molecular weight excluding hydrogens is 260 g/mol. The molecule has 0 aliphatic heterocycles. The fourth-order valence-corrected chi connectivity index (χ4v) is 2.63. The molecule has 1 atom stereocenters. The van der Waals surface area contributed by atoms with E-state index in [0.717, 1.165) is 17.0 Å². The van der Waals surface area contributed by atoms with E-state index in [1.54, 1.807) is 24.9 Å². The number of hydrogen-bond acceptors (Lipinski definition) is 4. The van der Waals surface area contributed by atoms with Crippen LogP contribution in [0.2, 0.25) is 0 Å². The molecule has 0 bridgehead atoms. The lowest BCUT2D eigenvalue weighted by atomic mass is 10.1. The molecule has 1 aromatic rings. The van der Waals surface area contributed by atoms with Gasteiger partial charge in [-0.3, -0.25) is 4.79 Å². The third kappa shape index (κ3) is 4.06. The number of benzene rings is 1. The highest BCUT2D eigenvalue weighted by Crippen LogP contribution is 2.26. The number of ether oxygens (including phenoxy) is 1. The van der Waals surface area contributed by atoms with Gasteiger partial charge < -0.3 is 15.4 Å². The molecular formula is C14H22N2O2S. The predicted molar refractivity (Wildman–Crippen MR) is 82.3 cm³/mol. The van der Waals surface area contributed by atoms with Gasteiger partial charge in [-0.25, -0.2) is 0 Å². The van der Waals surface area contributed by atoms with Crippen LogP contribution in [0.25, 0.3) is 0 Å². The summed E-state index contributed by atoms with van der Waals surface area (Å²) in [6.07, 6.45) is 0. The quantitative estimate of drug-likeness (QED) is 0.788. The van der Waals surface area contributed by atoms with Gasteiger partial charge in [-0.15, -0.1) is 11.8 Å². The standard InChI is InChI=1S/C14H22N2O2S/c1-6-19-10(3)16-14(17)12-8-11(18-5)7-9(2)13(12)15-4/h7-8,10,15H,6H2,1-5H3,(H,16,17)/t10-/m1/s1. The van der Waals surface area contributed by atoms with Crippen LogP contribution in [-0.2, 0) is 0 Å². The van der Waals surface area contributed by atoms with Crippen LogP contribution in [-0.4, -0.2) is 31.2 Å². The smallest absolute Gasteiger partial charge is 0.254 e. The van der Waals surface area contributed by atoms with Gasteiger partial charge in [0, 0.05) is 12.7 Å². The van der Waals surface area contributed by atoms with Gasteiger partial charge in [0.05, 0.1) is 18.0 Å². The maximum Gasteiger partial charge on any atom is 0.254 e. The molecule has 0 heterocycles. The number of methoxy groups -OCH3 is 1. The monoisotopic (exact) mass is 282 g/mol. The van der Waals surface area contributed by atoms with Gasteiger partial charge in [0.25, 0.3) is 5.91 Å². The molecule has 0 spiro atoms. The van der Waals surface area contributed by atoms with Gasteiger partial charge in [-0.1, -0.05) is 6.92 Å². The van der Waals surface area contributed by atoms with Crippen molar-refractivity contribution in [2.24, 2.45) is 0 Å². The summed E-state index contributed by atoms with van der Waals surface area (Å²) >= 11 is 1.70. The van der Waals surface area contributed by atoms with E-state index in [1.807, 2.05) is 27.0 Å². The molecule has 0 saturated carbocycles. The maximum absolute atomic E-state index is 12.3. The number of nitrogens with one attached hydrogen (secondary N) is 2. The predicted octanol–water partition coefficient (Wildman–Crippen LogP) is 2.87. The van der Waals surface area contributed by atoms with Gasteiger partial charge in [-0.2, -0.15) is 0 Å². The first-order valence-electron chi connectivity index (χ1n) is 6.32. The molecule has 5 heteroatoms. The third-order valence-corrected chi connectivity index (χ3v) is 3.74. The van der Waals surface area contributed by atoms with Crippen molar-refractivity contribution in [3.8, 4) is 5.75 Å². The van der Waals surface area contributed by atoms with E-state index < -0.39 is 0 Å². The van der Waals surface area contributed by atoms with Gasteiger partial charge in [0.1, 0.15) is 5.75 Å². The number of carbonyl (C=O) groups excluding carboxylic acids is 1. The van der Waals surface area contributed by atoms with E-state index >= 15 is 0 Å². The van der Waals surface area contributed by atoms with Gasteiger partial charge in [-0.05, 0) is 37.3 Å². The summed E-state index contributed by atoms with van der Waals surface area (Å²) in [6.45, 7) is 6.01. The average Bonchev–Trinajstić information content (AvgIpc) is 2.37. The molecule has 19 heavy (non-hydrogen) atoms. The Hall–Kier alpha value is -1.36. The summed E-state index contributed by atoms with van der Waals surface area (Å²) in [5.41, 5.74) is 2.44. The zero-order valence-electron chi connectivity index (χ0n) is 12.2.